The third kappa shape index (κ3) is 7.33. The number of nitrogens with two attached hydrogens (primary N) is 1. The van der Waals surface area contributed by atoms with E-state index in [9.17, 15) is 8.42 Å². The van der Waals surface area contributed by atoms with Crippen LogP contribution in [0.1, 0.15) is 71.2 Å². The van der Waals surface area contributed by atoms with Crippen molar-refractivity contribution in [3.8, 4) is 11.4 Å². The molecule has 0 fully saturated rings. The lowest BCUT2D eigenvalue weighted by atomic mass is 10.2. The second-order valence-electron chi connectivity index (χ2n) is 9.16. The highest BCUT2D eigenvalue weighted by Gasteiger charge is 2.16. The molecule has 0 bridgehead atoms. The van der Waals surface area contributed by atoms with Crippen LogP contribution < -0.4 is 15.8 Å². The van der Waals surface area contributed by atoms with Gasteiger partial charge in [-0.2, -0.15) is 0 Å². The fourth-order valence-corrected chi connectivity index (χ4v) is 4.77. The zero-order valence-corrected chi connectivity index (χ0v) is 21.8. The van der Waals surface area contributed by atoms with Gasteiger partial charge in [-0.25, -0.2) is 28.1 Å². The topological polar surface area (TPSA) is 128 Å². The third-order valence-electron chi connectivity index (χ3n) is 5.60. The Morgan fingerprint density at radius 1 is 0.943 bits per heavy atom. The van der Waals surface area contributed by atoms with Gasteiger partial charge in [-0.15, -0.1) is 0 Å². The van der Waals surface area contributed by atoms with Crippen LogP contribution in [-0.2, 0) is 10.0 Å². The number of aromatic nitrogens is 4. The van der Waals surface area contributed by atoms with Crippen LogP contribution in [0, 0.1) is 0 Å². The van der Waals surface area contributed by atoms with E-state index in [1.807, 2.05) is 12.3 Å². The molecule has 0 radical (unpaired) electrons. The summed E-state index contributed by atoms with van der Waals surface area (Å²) in [5.74, 6) is 1.73. The van der Waals surface area contributed by atoms with Gasteiger partial charge in [0.1, 0.15) is 11.5 Å². The summed E-state index contributed by atoms with van der Waals surface area (Å²) in [6.45, 7) is 9.60. The summed E-state index contributed by atoms with van der Waals surface area (Å²) in [7, 11) is -3.55. The van der Waals surface area contributed by atoms with Crippen LogP contribution in [0.5, 0.6) is 0 Å². The van der Waals surface area contributed by atoms with E-state index in [2.05, 4.69) is 52.3 Å². The lowest BCUT2D eigenvalue weighted by molar-refractivity contribution is 0.550. The Balaban J connectivity index is 1.67. The molecule has 0 atom stereocenters. The maximum atomic E-state index is 12.5. The van der Waals surface area contributed by atoms with Gasteiger partial charge >= 0.3 is 0 Å². The Morgan fingerprint density at radius 3 is 2.29 bits per heavy atom. The van der Waals surface area contributed by atoms with Crippen LogP contribution in [0.3, 0.4) is 0 Å². The molecule has 0 aliphatic carbocycles. The number of imidazole rings is 1. The highest BCUT2D eigenvalue weighted by Crippen LogP contribution is 2.25. The van der Waals surface area contributed by atoms with Crippen molar-refractivity contribution in [2.24, 2.45) is 5.73 Å². The number of nitrogens with one attached hydrogen (secondary N) is 2. The normalized spacial score (nSPS) is 12.0. The summed E-state index contributed by atoms with van der Waals surface area (Å²) in [6, 6.07) is 8.68. The first-order valence-corrected chi connectivity index (χ1v) is 13.7. The van der Waals surface area contributed by atoms with E-state index in [0.717, 1.165) is 42.9 Å². The summed E-state index contributed by atoms with van der Waals surface area (Å²) < 4.78 is 29.9. The number of benzene rings is 1. The average Bonchev–Trinajstić information content (AvgIpc) is 3.28. The van der Waals surface area contributed by atoms with Crippen molar-refractivity contribution in [3.63, 3.8) is 0 Å². The lowest BCUT2D eigenvalue weighted by Gasteiger charge is -2.12. The van der Waals surface area contributed by atoms with Gasteiger partial charge < -0.3 is 15.6 Å². The predicted octanol–water partition coefficient (Wildman–Crippen LogP) is 4.59. The molecule has 0 saturated carbocycles. The number of hydrogen-bond donors (Lipinski definition) is 3. The summed E-state index contributed by atoms with van der Waals surface area (Å²) in [5, 5.41) is 3.15. The minimum atomic E-state index is -3.55. The van der Waals surface area contributed by atoms with Gasteiger partial charge in [-0.1, -0.05) is 26.7 Å². The molecule has 1 aromatic carbocycles. The molecule has 9 nitrogen and oxygen atoms in total. The van der Waals surface area contributed by atoms with Crippen LogP contribution >= 0.6 is 0 Å². The maximum Gasteiger partial charge on any atom is 0.240 e. The Bertz CT molecular complexity index is 1160. The molecular formula is C25H37N7O2S. The van der Waals surface area contributed by atoms with Gasteiger partial charge in [0.15, 0.2) is 0 Å². The van der Waals surface area contributed by atoms with E-state index in [1.54, 1.807) is 30.5 Å². The van der Waals surface area contributed by atoms with Crippen molar-refractivity contribution in [2.75, 3.05) is 18.4 Å². The van der Waals surface area contributed by atoms with Gasteiger partial charge in [0.2, 0.25) is 16.0 Å². The molecule has 0 aliphatic heterocycles. The maximum absolute atomic E-state index is 12.5. The molecule has 0 amide bonds. The van der Waals surface area contributed by atoms with Crippen LogP contribution in [0.15, 0.2) is 47.6 Å². The van der Waals surface area contributed by atoms with Crippen LogP contribution in [-0.4, -0.2) is 41.0 Å². The molecular weight excluding hydrogens is 462 g/mol. The number of hydrogen-bond acceptors (Lipinski definition) is 7. The molecule has 2 aromatic heterocycles. The largest absolute Gasteiger partial charge is 0.331 e. The van der Waals surface area contributed by atoms with Crippen molar-refractivity contribution in [3.05, 3.63) is 48.5 Å². The zero-order chi connectivity index (χ0) is 25.4. The lowest BCUT2D eigenvalue weighted by Crippen LogP contribution is -2.24. The van der Waals surface area contributed by atoms with E-state index >= 15 is 0 Å². The van der Waals surface area contributed by atoms with Crippen LogP contribution in [0.4, 0.5) is 11.6 Å². The molecule has 3 aromatic rings. The minimum absolute atomic E-state index is 0.222. The van der Waals surface area contributed by atoms with Crippen molar-refractivity contribution in [2.45, 2.75) is 70.2 Å². The predicted molar refractivity (Wildman–Crippen MR) is 140 cm³/mol. The Hall–Kier alpha value is -2.82. The molecule has 10 heteroatoms. The second kappa shape index (κ2) is 12.2. The first-order valence-electron chi connectivity index (χ1n) is 12.2. The van der Waals surface area contributed by atoms with E-state index in [4.69, 9.17) is 10.7 Å². The van der Waals surface area contributed by atoms with E-state index in [0.29, 0.717) is 36.7 Å². The number of unbranched alkanes of at least 4 members (excludes halogenated alkanes) is 3. The van der Waals surface area contributed by atoms with Crippen molar-refractivity contribution >= 4 is 21.7 Å². The Labute approximate surface area is 208 Å². The summed E-state index contributed by atoms with van der Waals surface area (Å²) >= 11 is 0. The quantitative estimate of drug-likeness (QED) is 0.294. The van der Waals surface area contributed by atoms with Crippen molar-refractivity contribution in [1.29, 1.82) is 0 Å². The van der Waals surface area contributed by atoms with E-state index in [1.165, 1.54) is 0 Å². The van der Waals surface area contributed by atoms with Gasteiger partial charge in [0.05, 0.1) is 10.6 Å². The second-order valence-corrected chi connectivity index (χ2v) is 10.9. The summed E-state index contributed by atoms with van der Waals surface area (Å²) in [6.07, 6.45) is 7.44. The van der Waals surface area contributed by atoms with E-state index < -0.39 is 10.0 Å². The molecule has 4 N–H and O–H groups in total. The fraction of sp³-hybridized carbons (Fsp3) is 0.480. The molecule has 0 aliphatic rings. The molecule has 2 heterocycles. The van der Waals surface area contributed by atoms with Crippen molar-refractivity contribution in [1.82, 2.24) is 24.2 Å². The Morgan fingerprint density at radius 2 is 1.66 bits per heavy atom. The zero-order valence-electron chi connectivity index (χ0n) is 21.0. The SMILES string of the molecule is CC(C)c1nc(-c2ccnc(Nc3ccc(S(=O)(=O)NCCCCCCN)cc3)n2)cn1C(C)C. The number of anilines is 2. The number of sulfonamides is 1. The molecule has 35 heavy (non-hydrogen) atoms. The van der Waals surface area contributed by atoms with E-state index in [-0.39, 0.29) is 4.90 Å². The van der Waals surface area contributed by atoms with Gasteiger partial charge in [-0.3, -0.25) is 0 Å². The summed E-state index contributed by atoms with van der Waals surface area (Å²) in [5.41, 5.74) is 7.69. The van der Waals surface area contributed by atoms with Crippen LogP contribution in [0.2, 0.25) is 0 Å². The summed E-state index contributed by atoms with van der Waals surface area (Å²) in [4.78, 5) is 13.9. The third-order valence-corrected chi connectivity index (χ3v) is 7.07. The average molecular weight is 500 g/mol. The first kappa shape index (κ1) is 26.8. The van der Waals surface area contributed by atoms with Gasteiger partial charge in [0.25, 0.3) is 0 Å². The Kier molecular flexibility index (Phi) is 9.36. The van der Waals surface area contributed by atoms with Crippen LogP contribution in [0.25, 0.3) is 11.4 Å². The highest BCUT2D eigenvalue weighted by molar-refractivity contribution is 7.89. The standard InChI is InChI=1S/C25H37N7O2S/c1-18(2)24-30-23(17-32(24)19(3)4)22-13-16-27-25(31-22)29-20-9-11-21(12-10-20)35(33,34)28-15-8-6-5-7-14-26/h9-13,16-19,28H,5-8,14-15,26H2,1-4H3,(H,27,29,31). The molecule has 0 spiro atoms. The first-order chi connectivity index (χ1) is 16.7. The monoisotopic (exact) mass is 499 g/mol. The molecule has 190 valence electrons. The van der Waals surface area contributed by atoms with Crippen molar-refractivity contribution < 1.29 is 8.42 Å². The number of rotatable bonds is 13. The molecule has 0 saturated heterocycles. The number of nitrogens with zero attached hydrogens (tertiary/aromatic N) is 4. The smallest absolute Gasteiger partial charge is 0.240 e. The highest BCUT2D eigenvalue weighted by atomic mass is 32.2. The minimum Gasteiger partial charge on any atom is -0.331 e. The molecule has 3 rings (SSSR count). The fourth-order valence-electron chi connectivity index (χ4n) is 3.69. The van der Waals surface area contributed by atoms with Gasteiger partial charge in [-0.05, 0) is 63.6 Å². The van der Waals surface area contributed by atoms with Gasteiger partial charge in [0, 0.05) is 36.6 Å². The molecule has 0 unspecified atom stereocenters.